The highest BCUT2D eigenvalue weighted by molar-refractivity contribution is 6.46. The number of aryl methyl sites for hydroxylation is 1. The number of hydrogen-bond donors (Lipinski definition) is 1. The minimum absolute atomic E-state index is 0.0202. The number of carbonyl (C=O) groups is 2. The number of likely N-dealkylation sites (tertiary alicyclic amines) is 1. The van der Waals surface area contributed by atoms with Gasteiger partial charge in [0, 0.05) is 11.8 Å². The van der Waals surface area contributed by atoms with Crippen molar-refractivity contribution in [1.29, 1.82) is 0 Å². The number of amides is 1. The second-order valence-corrected chi connectivity index (χ2v) is 7.17. The van der Waals surface area contributed by atoms with E-state index in [0.29, 0.717) is 11.3 Å². The van der Waals surface area contributed by atoms with Crippen molar-refractivity contribution in [3.63, 3.8) is 0 Å². The minimum Gasteiger partial charge on any atom is -0.507 e. The third kappa shape index (κ3) is 3.59. The van der Waals surface area contributed by atoms with Crippen LogP contribution in [0.3, 0.4) is 0 Å². The maximum atomic E-state index is 13.3. The molecule has 1 N–H and O–H groups in total. The van der Waals surface area contributed by atoms with Crippen molar-refractivity contribution in [1.82, 2.24) is 9.88 Å². The molecule has 150 valence electrons. The monoisotopic (exact) mass is 402 g/mol. The normalized spacial score (nSPS) is 18.1. The van der Waals surface area contributed by atoms with Gasteiger partial charge in [-0.3, -0.25) is 14.6 Å². The van der Waals surface area contributed by atoms with E-state index in [0.717, 1.165) is 5.56 Å². The van der Waals surface area contributed by atoms with Crippen LogP contribution in [0.2, 0.25) is 0 Å². The quantitative estimate of drug-likeness (QED) is 0.404. The molecule has 3 aromatic rings. The highest BCUT2D eigenvalue weighted by Gasteiger charge is 2.46. The maximum Gasteiger partial charge on any atom is 0.296 e. The van der Waals surface area contributed by atoms with Crippen LogP contribution >= 0.6 is 0 Å². The first-order chi connectivity index (χ1) is 14.5. The van der Waals surface area contributed by atoms with Crippen LogP contribution in [0.25, 0.3) is 5.76 Å². The van der Waals surface area contributed by atoms with Crippen molar-refractivity contribution in [2.24, 2.45) is 0 Å². The second-order valence-electron chi connectivity index (χ2n) is 7.17. The van der Waals surface area contributed by atoms with Crippen LogP contribution in [0.1, 0.15) is 28.4 Å². The SMILES string of the molecule is Cc1cccc(C2/C(=C(/O)c3ccc(F)cc3)C(=O)C(=O)N2Cc2ccccn2)c1. The van der Waals surface area contributed by atoms with Gasteiger partial charge in [0.25, 0.3) is 11.7 Å². The van der Waals surface area contributed by atoms with Crippen molar-refractivity contribution < 1.29 is 19.1 Å². The fourth-order valence-electron chi connectivity index (χ4n) is 3.66. The van der Waals surface area contributed by atoms with Gasteiger partial charge < -0.3 is 10.0 Å². The lowest BCUT2D eigenvalue weighted by molar-refractivity contribution is -0.140. The van der Waals surface area contributed by atoms with Gasteiger partial charge in [-0.1, -0.05) is 35.9 Å². The lowest BCUT2D eigenvalue weighted by atomic mass is 9.94. The largest absolute Gasteiger partial charge is 0.507 e. The van der Waals surface area contributed by atoms with Gasteiger partial charge in [0.15, 0.2) is 0 Å². The Hall–Kier alpha value is -3.80. The van der Waals surface area contributed by atoms with Gasteiger partial charge in [-0.25, -0.2) is 4.39 Å². The summed E-state index contributed by atoms with van der Waals surface area (Å²) >= 11 is 0. The summed E-state index contributed by atoms with van der Waals surface area (Å²) in [5, 5.41) is 10.9. The molecule has 1 saturated heterocycles. The predicted molar refractivity (Wildman–Crippen MR) is 110 cm³/mol. The zero-order valence-electron chi connectivity index (χ0n) is 16.2. The van der Waals surface area contributed by atoms with E-state index in [1.807, 2.05) is 31.2 Å². The van der Waals surface area contributed by atoms with Gasteiger partial charge in [-0.15, -0.1) is 0 Å². The van der Waals surface area contributed by atoms with Crippen LogP contribution in [0.15, 0.2) is 78.5 Å². The highest BCUT2D eigenvalue weighted by Crippen LogP contribution is 2.40. The number of pyridine rings is 1. The van der Waals surface area contributed by atoms with Gasteiger partial charge in [-0.2, -0.15) is 0 Å². The third-order valence-electron chi connectivity index (χ3n) is 5.07. The molecule has 1 fully saturated rings. The smallest absolute Gasteiger partial charge is 0.296 e. The van der Waals surface area contributed by atoms with Gasteiger partial charge in [-0.05, 0) is 48.9 Å². The molecule has 2 aromatic carbocycles. The number of halogens is 1. The molecule has 1 aromatic heterocycles. The van der Waals surface area contributed by atoms with Gasteiger partial charge in [0.1, 0.15) is 11.6 Å². The number of aliphatic hydroxyl groups is 1. The number of nitrogens with zero attached hydrogens (tertiary/aromatic N) is 2. The topological polar surface area (TPSA) is 70.5 Å². The number of aliphatic hydroxyl groups excluding tert-OH is 1. The molecule has 2 heterocycles. The van der Waals surface area contributed by atoms with Gasteiger partial charge in [0.05, 0.1) is 23.9 Å². The predicted octanol–water partition coefficient (Wildman–Crippen LogP) is 4.15. The molecule has 30 heavy (non-hydrogen) atoms. The first-order valence-electron chi connectivity index (χ1n) is 9.46. The van der Waals surface area contributed by atoms with Crippen LogP contribution in [-0.4, -0.2) is 26.7 Å². The Morgan fingerprint density at radius 2 is 1.83 bits per heavy atom. The zero-order valence-corrected chi connectivity index (χ0v) is 16.2. The third-order valence-corrected chi connectivity index (χ3v) is 5.07. The Morgan fingerprint density at radius 1 is 1.07 bits per heavy atom. The lowest BCUT2D eigenvalue weighted by Crippen LogP contribution is -2.29. The lowest BCUT2D eigenvalue weighted by Gasteiger charge is -2.25. The summed E-state index contributed by atoms with van der Waals surface area (Å²) in [5.41, 5.74) is 2.53. The molecule has 0 bridgehead atoms. The van der Waals surface area contributed by atoms with Crippen molar-refractivity contribution in [3.8, 4) is 0 Å². The molecule has 4 rings (SSSR count). The summed E-state index contributed by atoms with van der Waals surface area (Å²) in [6, 6.07) is 17.1. The standard InChI is InChI=1S/C24H19FN2O3/c1-15-5-4-6-17(13-15)21-20(22(28)16-8-10-18(25)11-9-16)23(29)24(30)27(21)14-19-7-2-3-12-26-19/h2-13,21,28H,14H2,1H3/b22-20-. The fourth-order valence-corrected chi connectivity index (χ4v) is 3.66. The van der Waals surface area contributed by atoms with Crippen LogP contribution < -0.4 is 0 Å². The summed E-state index contributed by atoms with van der Waals surface area (Å²) < 4.78 is 13.3. The Labute approximate surface area is 173 Å². The number of hydrogen-bond acceptors (Lipinski definition) is 4. The Morgan fingerprint density at radius 3 is 2.50 bits per heavy atom. The first-order valence-corrected chi connectivity index (χ1v) is 9.46. The van der Waals surface area contributed by atoms with E-state index in [-0.39, 0.29) is 23.4 Å². The number of carbonyl (C=O) groups excluding carboxylic acids is 2. The van der Waals surface area contributed by atoms with E-state index < -0.39 is 23.5 Å². The average molecular weight is 402 g/mol. The number of benzene rings is 2. The molecule has 6 heteroatoms. The molecular weight excluding hydrogens is 383 g/mol. The molecule has 1 aliphatic rings. The van der Waals surface area contributed by atoms with Crippen LogP contribution in [0.5, 0.6) is 0 Å². The summed E-state index contributed by atoms with van der Waals surface area (Å²) in [6.07, 6.45) is 1.62. The summed E-state index contributed by atoms with van der Waals surface area (Å²) in [4.78, 5) is 31.5. The Bertz CT molecular complexity index is 1140. The first kappa shape index (κ1) is 19.5. The van der Waals surface area contributed by atoms with Crippen molar-refractivity contribution in [3.05, 3.63) is 107 Å². The highest BCUT2D eigenvalue weighted by atomic mass is 19.1. The molecule has 0 saturated carbocycles. The van der Waals surface area contributed by atoms with E-state index >= 15 is 0 Å². The summed E-state index contributed by atoms with van der Waals surface area (Å²) in [6.45, 7) is 2.03. The van der Waals surface area contributed by atoms with Crippen molar-refractivity contribution in [2.75, 3.05) is 0 Å². The Balaban J connectivity index is 1.87. The van der Waals surface area contributed by atoms with E-state index in [9.17, 15) is 19.1 Å². The van der Waals surface area contributed by atoms with Crippen LogP contribution in [0, 0.1) is 12.7 Å². The molecule has 1 amide bonds. The van der Waals surface area contributed by atoms with E-state index in [2.05, 4.69) is 4.98 Å². The van der Waals surface area contributed by atoms with Crippen molar-refractivity contribution >= 4 is 17.4 Å². The molecule has 0 aliphatic carbocycles. The minimum atomic E-state index is -0.781. The van der Waals surface area contributed by atoms with Gasteiger partial charge in [0.2, 0.25) is 0 Å². The zero-order chi connectivity index (χ0) is 21.3. The summed E-state index contributed by atoms with van der Waals surface area (Å²) in [7, 11) is 0. The maximum absolute atomic E-state index is 13.3. The molecule has 1 unspecified atom stereocenters. The molecular formula is C24H19FN2O3. The van der Waals surface area contributed by atoms with E-state index in [1.165, 1.54) is 29.2 Å². The molecule has 5 nitrogen and oxygen atoms in total. The van der Waals surface area contributed by atoms with Crippen LogP contribution in [-0.2, 0) is 16.1 Å². The van der Waals surface area contributed by atoms with Gasteiger partial charge >= 0.3 is 0 Å². The summed E-state index contributed by atoms with van der Waals surface area (Å²) in [5.74, 6) is -2.28. The van der Waals surface area contributed by atoms with Crippen molar-refractivity contribution in [2.45, 2.75) is 19.5 Å². The molecule has 0 spiro atoms. The number of ketones is 1. The number of aromatic nitrogens is 1. The van der Waals surface area contributed by atoms with E-state index in [4.69, 9.17) is 0 Å². The average Bonchev–Trinajstić information content (AvgIpc) is 2.99. The molecule has 0 radical (unpaired) electrons. The Kier molecular flexibility index (Phi) is 5.14. The molecule has 1 aliphatic heterocycles. The number of Topliss-reactive ketones (excluding diaryl/α,β-unsaturated/α-hetero) is 1. The van der Waals surface area contributed by atoms with E-state index in [1.54, 1.807) is 24.4 Å². The number of rotatable bonds is 4. The molecule has 1 atom stereocenters. The fraction of sp³-hybridized carbons (Fsp3) is 0.125. The van der Waals surface area contributed by atoms with Crippen LogP contribution in [0.4, 0.5) is 4.39 Å². The second kappa shape index (κ2) is 7.91.